The van der Waals surface area contributed by atoms with E-state index in [4.69, 9.17) is 28.4 Å². The number of carbonyl (C=O) groups is 6. The number of hydrogen-bond acceptors (Lipinski definition) is 19. The molecule has 0 spiro atoms. The van der Waals surface area contributed by atoms with E-state index in [1.807, 2.05) is 0 Å². The second-order valence-electron chi connectivity index (χ2n) is 23.6. The predicted octanol–water partition coefficient (Wildman–Crippen LogP) is 3.43. The fraction of sp³-hybridized carbons (Fsp3) is 0.516. The number of aliphatic hydroxyl groups is 5. The second-order valence-corrected chi connectivity index (χ2v) is 23.6. The number of ketones is 1. The molecule has 3 aromatic carbocycles. The molecule has 3 heterocycles. The number of nitrogens with one attached hydrogen (secondary N) is 2. The van der Waals surface area contributed by atoms with Gasteiger partial charge in [-0.15, -0.1) is 0 Å². The number of nitrogens with zero attached hydrogens (tertiary/aromatic N) is 2. The third-order valence-electron chi connectivity index (χ3n) is 18.1. The van der Waals surface area contributed by atoms with Gasteiger partial charge in [0.15, 0.2) is 23.6 Å². The van der Waals surface area contributed by atoms with E-state index in [2.05, 4.69) is 10.6 Å². The Morgan fingerprint density at radius 3 is 2.07 bits per heavy atom. The van der Waals surface area contributed by atoms with Crippen LogP contribution >= 0.6 is 0 Å². The predicted molar refractivity (Wildman–Crippen MR) is 300 cm³/mol. The number of aryl methyl sites for hydroxylation is 1. The number of rotatable bonds is 19. The average molecular weight is 1180 g/mol. The van der Waals surface area contributed by atoms with Gasteiger partial charge in [0.2, 0.25) is 0 Å². The molecule has 2 amide bonds. The van der Waals surface area contributed by atoms with Crippen LogP contribution in [-0.4, -0.2) is 150 Å². The summed E-state index contributed by atoms with van der Waals surface area (Å²) in [6.45, 7) is 7.82. The average Bonchev–Trinajstić information content (AvgIpc) is 0.928. The van der Waals surface area contributed by atoms with Crippen LogP contribution in [-0.2, 0) is 49.3 Å². The van der Waals surface area contributed by atoms with Crippen LogP contribution < -0.4 is 21.9 Å². The van der Waals surface area contributed by atoms with E-state index in [1.54, 1.807) is 85.8 Å². The fourth-order valence-corrected chi connectivity index (χ4v) is 13.3. The second kappa shape index (κ2) is 24.9. The van der Waals surface area contributed by atoms with Gasteiger partial charge in [-0.25, -0.2) is 19.2 Å². The van der Waals surface area contributed by atoms with Crippen LogP contribution in [0.1, 0.15) is 124 Å². The monoisotopic (exact) mass is 1180 g/mol. The Morgan fingerprint density at radius 2 is 1.46 bits per heavy atom. The van der Waals surface area contributed by atoms with Crippen molar-refractivity contribution in [2.75, 3.05) is 19.8 Å². The Hall–Kier alpha value is -7.38. The SMILES string of the molecule is CC(=O)O[C@@]12CO[C@@H]1C[C@H](O)C1(C)C(=O)[C@H](OC(=O)NCCCCCCn3c(=O)c(C)cn([C@H]4C[C@@H](O)[C@H](CO)O4)c3=O)C3=C(C)[C@@H](OC(=O)[C@H](O)[C@@H](NC(=O)c4ccccc4)c4ccccc4)C[C@@](O)([C@@H](OC(=O)c4ccccc4)[C@@H]12)C3(C)C. The molecule has 23 heteroatoms. The van der Waals surface area contributed by atoms with E-state index in [1.165, 1.54) is 50.6 Å². The molecule has 2 aliphatic heterocycles. The first-order valence-electron chi connectivity index (χ1n) is 28.6. The molecular weight excluding hydrogens is 1100 g/mol. The van der Waals surface area contributed by atoms with Gasteiger partial charge >= 0.3 is 29.7 Å². The Balaban J connectivity index is 1.03. The van der Waals surface area contributed by atoms with Gasteiger partial charge in [0.25, 0.3) is 11.5 Å². The van der Waals surface area contributed by atoms with Gasteiger partial charge in [-0.2, -0.15) is 0 Å². The van der Waals surface area contributed by atoms with Gasteiger partial charge in [-0.3, -0.25) is 28.3 Å². The number of hydrogen-bond donors (Lipinski definition) is 7. The van der Waals surface area contributed by atoms with Crippen LogP contribution in [0.25, 0.3) is 0 Å². The Bertz CT molecular complexity index is 3320. The lowest BCUT2D eigenvalue weighted by atomic mass is 9.44. The van der Waals surface area contributed by atoms with Crippen molar-refractivity contribution < 1.29 is 82.7 Å². The summed E-state index contributed by atoms with van der Waals surface area (Å²) in [6, 6.07) is 22.6. The minimum atomic E-state index is -2.51. The summed E-state index contributed by atoms with van der Waals surface area (Å²) in [6.07, 6.45) is -12.1. The number of benzene rings is 3. The molecule has 4 fully saturated rings. The molecule has 456 valence electrons. The smallest absolute Gasteiger partial charge is 0.408 e. The maximum Gasteiger partial charge on any atom is 0.408 e. The van der Waals surface area contributed by atoms with Gasteiger partial charge in [0, 0.05) is 62.0 Å². The number of alkyl carbamates (subject to hydrolysis) is 1. The zero-order valence-electron chi connectivity index (χ0n) is 48.2. The molecule has 1 aromatic heterocycles. The molecule has 5 aliphatic rings. The topological polar surface area (TPSA) is 327 Å². The standard InChI is InChI=1S/C62H74N4O19/c1-34-31-66(45-28-40(69)42(32-67)81-45)58(78)65(54(34)74)27-19-8-7-18-26-63-57(77)83-49-46-35(2)41(82-56(76)48(71)47(37-20-12-9-13-21-37)64-53(73)38-22-14-10-15-23-38)30-62(79,59(46,4)5)52(84-55(75)39-24-16-11-17-25-39)50-60(6,51(49)72)43(70)29-44-61(50,33-80-44)85-36(3)68/h9-17,20-25,31,40-45,47-50,52,67,69-71,79H,7-8,18-19,26-30,32-33H2,1-6H3,(H,63,77)(H,64,73)/t40-,41+,42+,43+,44-,45-,47+,48-,49-,50+,52+,60?,61+,62-/m1/s1. The minimum Gasteiger partial charge on any atom is -0.456 e. The zero-order chi connectivity index (χ0) is 61.3. The number of aromatic nitrogens is 2. The van der Waals surface area contributed by atoms with Gasteiger partial charge in [-0.05, 0) is 74.6 Å². The highest BCUT2D eigenvalue weighted by Gasteiger charge is 2.78. The Labute approximate surface area is 489 Å². The molecule has 2 bridgehead atoms. The number of esters is 3. The molecule has 1 unspecified atom stereocenters. The lowest BCUT2D eigenvalue weighted by Gasteiger charge is -2.67. The molecule has 4 aromatic rings. The summed E-state index contributed by atoms with van der Waals surface area (Å²) >= 11 is 0. The van der Waals surface area contributed by atoms with Gasteiger partial charge in [0.05, 0.1) is 48.4 Å². The lowest BCUT2D eigenvalue weighted by molar-refractivity contribution is -0.345. The van der Waals surface area contributed by atoms with E-state index in [9.17, 15) is 59.1 Å². The third kappa shape index (κ3) is 11.6. The highest BCUT2D eigenvalue weighted by atomic mass is 16.6. The van der Waals surface area contributed by atoms with E-state index in [-0.39, 0.29) is 60.4 Å². The number of amides is 2. The molecule has 23 nitrogen and oxygen atoms in total. The van der Waals surface area contributed by atoms with E-state index >= 15 is 4.79 Å². The number of ether oxygens (including phenoxy) is 6. The fourth-order valence-electron chi connectivity index (χ4n) is 13.3. The maximum absolute atomic E-state index is 16.2. The van der Waals surface area contributed by atoms with E-state index in [0.717, 1.165) is 11.5 Å². The summed E-state index contributed by atoms with van der Waals surface area (Å²) < 4.78 is 39.1. The molecule has 9 rings (SSSR count). The molecule has 3 aliphatic carbocycles. The maximum atomic E-state index is 16.2. The van der Waals surface area contributed by atoms with Crippen molar-refractivity contribution in [3.05, 3.63) is 151 Å². The summed E-state index contributed by atoms with van der Waals surface area (Å²) in [5.41, 5.74) is -8.67. The number of aliphatic hydroxyl groups excluding tert-OH is 4. The van der Waals surface area contributed by atoms with Crippen molar-refractivity contribution in [1.82, 2.24) is 19.8 Å². The molecular formula is C62H74N4O19. The number of unbranched alkanes of at least 4 members (excludes halogenated alkanes) is 3. The lowest BCUT2D eigenvalue weighted by Crippen LogP contribution is -2.82. The Kier molecular flexibility index (Phi) is 18.2. The minimum absolute atomic E-state index is 0.00813. The Morgan fingerprint density at radius 1 is 0.824 bits per heavy atom. The number of Topliss-reactive ketones (excluding diaryl/α,β-unsaturated/α-hetero) is 1. The van der Waals surface area contributed by atoms with Gasteiger partial charge in [-0.1, -0.05) is 93.4 Å². The van der Waals surface area contributed by atoms with Gasteiger partial charge < -0.3 is 64.6 Å². The summed E-state index contributed by atoms with van der Waals surface area (Å²) in [5, 5.41) is 63.8. The van der Waals surface area contributed by atoms with Crippen LogP contribution in [0.4, 0.5) is 4.79 Å². The largest absolute Gasteiger partial charge is 0.456 e. The van der Waals surface area contributed by atoms with Crippen LogP contribution in [0.3, 0.4) is 0 Å². The summed E-state index contributed by atoms with van der Waals surface area (Å²) in [5.74, 6) is -6.34. The van der Waals surface area contributed by atoms with Crippen molar-refractivity contribution in [2.24, 2.45) is 16.7 Å². The molecule has 14 atom stereocenters. The summed E-state index contributed by atoms with van der Waals surface area (Å²) in [4.78, 5) is 113. The van der Waals surface area contributed by atoms with E-state index in [0.29, 0.717) is 31.2 Å². The van der Waals surface area contributed by atoms with Crippen LogP contribution in [0.2, 0.25) is 0 Å². The van der Waals surface area contributed by atoms with Gasteiger partial charge in [0.1, 0.15) is 36.2 Å². The molecule has 2 saturated carbocycles. The molecule has 0 radical (unpaired) electrons. The number of carbonyl (C=O) groups excluding carboxylic acids is 6. The quantitative estimate of drug-likeness (QED) is 0.0306. The van der Waals surface area contributed by atoms with Crippen molar-refractivity contribution in [3.8, 4) is 0 Å². The highest BCUT2D eigenvalue weighted by Crippen LogP contribution is 2.64. The van der Waals surface area contributed by atoms with Crippen molar-refractivity contribution in [2.45, 2.75) is 165 Å². The highest BCUT2D eigenvalue weighted by molar-refractivity contribution is 5.96. The molecule has 2 saturated heterocycles. The van der Waals surface area contributed by atoms with Crippen molar-refractivity contribution >= 4 is 35.7 Å². The first-order chi connectivity index (χ1) is 40.4. The van der Waals surface area contributed by atoms with Crippen LogP contribution in [0.5, 0.6) is 0 Å². The summed E-state index contributed by atoms with van der Waals surface area (Å²) in [7, 11) is 0. The molecule has 85 heavy (non-hydrogen) atoms. The van der Waals surface area contributed by atoms with Crippen LogP contribution in [0.15, 0.2) is 118 Å². The number of fused-ring (bicyclic) bond motifs is 5. The van der Waals surface area contributed by atoms with Crippen molar-refractivity contribution in [1.29, 1.82) is 0 Å². The van der Waals surface area contributed by atoms with Crippen molar-refractivity contribution in [3.63, 3.8) is 0 Å². The zero-order valence-corrected chi connectivity index (χ0v) is 48.2. The van der Waals surface area contributed by atoms with Crippen LogP contribution in [0, 0.1) is 23.7 Å². The normalized spacial score (nSPS) is 30.0. The third-order valence-corrected chi connectivity index (χ3v) is 18.1. The molecule has 7 N–H and O–H groups in total. The first kappa shape index (κ1) is 62.2. The van der Waals surface area contributed by atoms with E-state index < -0.39 is 149 Å². The first-order valence-corrected chi connectivity index (χ1v) is 28.6.